The summed E-state index contributed by atoms with van der Waals surface area (Å²) in [4.78, 5) is 0. The predicted octanol–water partition coefficient (Wildman–Crippen LogP) is -0.0358. The molecule has 74 valence electrons. The van der Waals surface area contributed by atoms with Gasteiger partial charge < -0.3 is 19.9 Å². The average molecular weight is 177 g/mol. The summed E-state index contributed by atoms with van der Waals surface area (Å²) >= 11 is 0. The smallest absolute Gasteiger partial charge is 0.184 e. The van der Waals surface area contributed by atoms with E-state index in [1.165, 1.54) is 14.2 Å². The lowest BCUT2D eigenvalue weighted by atomic mass is 10.2. The second-order valence-corrected chi connectivity index (χ2v) is 2.68. The Morgan fingerprint density at radius 1 is 1.33 bits per heavy atom. The van der Waals surface area contributed by atoms with Gasteiger partial charge in [-0.15, -0.1) is 0 Å². The number of aliphatic hydroxyl groups excluding tert-OH is 1. The van der Waals surface area contributed by atoms with E-state index in [4.69, 9.17) is 9.47 Å². The van der Waals surface area contributed by atoms with Gasteiger partial charge in [-0.3, -0.25) is 0 Å². The predicted molar refractivity (Wildman–Crippen MR) is 47.0 cm³/mol. The molecule has 2 atom stereocenters. The molecule has 0 fully saturated rings. The molecule has 0 aliphatic rings. The van der Waals surface area contributed by atoms with Crippen molar-refractivity contribution in [1.82, 2.24) is 5.32 Å². The van der Waals surface area contributed by atoms with E-state index < -0.39 is 12.4 Å². The van der Waals surface area contributed by atoms with Gasteiger partial charge in [0, 0.05) is 20.3 Å². The highest BCUT2D eigenvalue weighted by atomic mass is 16.7. The third kappa shape index (κ3) is 3.49. The van der Waals surface area contributed by atoms with Gasteiger partial charge in [0.1, 0.15) is 6.10 Å². The summed E-state index contributed by atoms with van der Waals surface area (Å²) in [5.41, 5.74) is 0. The Bertz CT molecular complexity index is 106. The van der Waals surface area contributed by atoms with Crippen LogP contribution in [0.2, 0.25) is 0 Å². The molecule has 0 aliphatic carbocycles. The van der Waals surface area contributed by atoms with E-state index in [1.54, 1.807) is 0 Å². The number of aliphatic hydroxyl groups is 1. The lowest BCUT2D eigenvalue weighted by Crippen LogP contribution is -2.45. The molecule has 2 unspecified atom stereocenters. The highest BCUT2D eigenvalue weighted by Gasteiger charge is 2.23. The molecule has 0 bridgehead atoms. The van der Waals surface area contributed by atoms with Crippen molar-refractivity contribution in [3.8, 4) is 0 Å². The van der Waals surface area contributed by atoms with Crippen molar-refractivity contribution in [3.05, 3.63) is 0 Å². The minimum absolute atomic E-state index is 0.0279. The lowest BCUT2D eigenvalue weighted by Gasteiger charge is -2.25. The zero-order valence-corrected chi connectivity index (χ0v) is 8.20. The SMILES string of the molecule is CCNC(C)C(O)C(OC)OC. The van der Waals surface area contributed by atoms with Crippen LogP contribution in [0.15, 0.2) is 0 Å². The minimum Gasteiger partial charge on any atom is -0.386 e. The van der Waals surface area contributed by atoms with Crippen LogP contribution in [0.3, 0.4) is 0 Å². The highest BCUT2D eigenvalue weighted by molar-refractivity contribution is 4.73. The Morgan fingerprint density at radius 2 is 1.83 bits per heavy atom. The van der Waals surface area contributed by atoms with Gasteiger partial charge in [0.2, 0.25) is 0 Å². The molecule has 0 spiro atoms. The van der Waals surface area contributed by atoms with E-state index in [-0.39, 0.29) is 6.04 Å². The van der Waals surface area contributed by atoms with Gasteiger partial charge in [-0.05, 0) is 13.5 Å². The molecule has 0 heterocycles. The monoisotopic (exact) mass is 177 g/mol. The van der Waals surface area contributed by atoms with Gasteiger partial charge in [0.15, 0.2) is 6.29 Å². The summed E-state index contributed by atoms with van der Waals surface area (Å²) < 4.78 is 9.83. The first-order valence-corrected chi connectivity index (χ1v) is 4.14. The quantitative estimate of drug-likeness (QED) is 0.559. The molecular formula is C8H19NO3. The van der Waals surface area contributed by atoms with Crippen LogP contribution in [0.25, 0.3) is 0 Å². The van der Waals surface area contributed by atoms with Crippen molar-refractivity contribution in [2.24, 2.45) is 0 Å². The van der Waals surface area contributed by atoms with Gasteiger partial charge in [0.05, 0.1) is 0 Å². The van der Waals surface area contributed by atoms with Gasteiger partial charge in [-0.1, -0.05) is 6.92 Å². The highest BCUT2D eigenvalue weighted by Crippen LogP contribution is 2.03. The van der Waals surface area contributed by atoms with E-state index in [0.29, 0.717) is 0 Å². The fraction of sp³-hybridized carbons (Fsp3) is 1.00. The van der Waals surface area contributed by atoms with E-state index in [2.05, 4.69) is 5.32 Å². The minimum atomic E-state index is -0.639. The Hall–Kier alpha value is -0.160. The van der Waals surface area contributed by atoms with Crippen molar-refractivity contribution < 1.29 is 14.6 Å². The molecule has 0 aliphatic heterocycles. The molecule has 4 nitrogen and oxygen atoms in total. The first-order chi connectivity index (χ1) is 5.67. The standard InChI is InChI=1S/C8H19NO3/c1-5-9-6(2)7(10)8(11-3)12-4/h6-10H,5H2,1-4H3. The van der Waals surface area contributed by atoms with E-state index >= 15 is 0 Å². The second kappa shape index (κ2) is 6.37. The third-order valence-electron chi connectivity index (χ3n) is 1.78. The Balaban J connectivity index is 3.87. The van der Waals surface area contributed by atoms with Crippen LogP contribution < -0.4 is 5.32 Å². The molecule has 0 aromatic rings. The first kappa shape index (κ1) is 11.8. The van der Waals surface area contributed by atoms with Crippen molar-refractivity contribution in [2.75, 3.05) is 20.8 Å². The van der Waals surface area contributed by atoms with Crippen molar-refractivity contribution in [1.29, 1.82) is 0 Å². The molecule has 0 saturated heterocycles. The van der Waals surface area contributed by atoms with Crippen molar-refractivity contribution >= 4 is 0 Å². The van der Waals surface area contributed by atoms with Gasteiger partial charge in [0.25, 0.3) is 0 Å². The number of likely N-dealkylation sites (N-methyl/N-ethyl adjacent to an activating group) is 1. The van der Waals surface area contributed by atoms with E-state index in [9.17, 15) is 5.11 Å². The van der Waals surface area contributed by atoms with Gasteiger partial charge >= 0.3 is 0 Å². The Kier molecular flexibility index (Phi) is 6.28. The number of ether oxygens (including phenoxy) is 2. The Morgan fingerprint density at radius 3 is 2.17 bits per heavy atom. The fourth-order valence-electron chi connectivity index (χ4n) is 1.05. The molecule has 2 N–H and O–H groups in total. The summed E-state index contributed by atoms with van der Waals surface area (Å²) in [6.07, 6.45) is -1.20. The van der Waals surface area contributed by atoms with Crippen LogP contribution in [0, 0.1) is 0 Å². The van der Waals surface area contributed by atoms with Crippen molar-refractivity contribution in [2.45, 2.75) is 32.3 Å². The summed E-state index contributed by atoms with van der Waals surface area (Å²) in [6, 6.07) is -0.0279. The van der Waals surface area contributed by atoms with E-state index in [1.807, 2.05) is 13.8 Å². The number of hydrogen-bond donors (Lipinski definition) is 2. The number of methoxy groups -OCH3 is 2. The summed E-state index contributed by atoms with van der Waals surface area (Å²) in [6.45, 7) is 4.69. The lowest BCUT2D eigenvalue weighted by molar-refractivity contribution is -0.170. The topological polar surface area (TPSA) is 50.7 Å². The van der Waals surface area contributed by atoms with Gasteiger partial charge in [-0.2, -0.15) is 0 Å². The molecule has 4 heteroatoms. The number of hydrogen-bond acceptors (Lipinski definition) is 4. The zero-order chi connectivity index (χ0) is 9.56. The maximum atomic E-state index is 9.60. The molecule has 0 saturated carbocycles. The normalized spacial score (nSPS) is 16.5. The fourth-order valence-corrected chi connectivity index (χ4v) is 1.05. The molecule has 0 radical (unpaired) electrons. The summed E-state index contributed by atoms with van der Waals surface area (Å²) in [7, 11) is 3.02. The average Bonchev–Trinajstić information content (AvgIpc) is 2.07. The molecule has 0 amide bonds. The van der Waals surface area contributed by atoms with Gasteiger partial charge in [-0.25, -0.2) is 0 Å². The molecule has 0 aromatic heterocycles. The maximum absolute atomic E-state index is 9.60. The van der Waals surface area contributed by atoms with Crippen molar-refractivity contribution in [3.63, 3.8) is 0 Å². The second-order valence-electron chi connectivity index (χ2n) is 2.68. The number of nitrogens with one attached hydrogen (secondary N) is 1. The first-order valence-electron chi connectivity index (χ1n) is 4.14. The third-order valence-corrected chi connectivity index (χ3v) is 1.78. The number of rotatable bonds is 6. The van der Waals surface area contributed by atoms with Crippen LogP contribution in [-0.2, 0) is 9.47 Å². The van der Waals surface area contributed by atoms with Crippen LogP contribution in [-0.4, -0.2) is 44.3 Å². The molecular weight excluding hydrogens is 158 g/mol. The van der Waals surface area contributed by atoms with Crippen LogP contribution in [0.4, 0.5) is 0 Å². The summed E-state index contributed by atoms with van der Waals surface area (Å²) in [5, 5.41) is 12.7. The van der Waals surface area contributed by atoms with E-state index in [0.717, 1.165) is 6.54 Å². The van der Waals surface area contributed by atoms with Crippen LogP contribution in [0.1, 0.15) is 13.8 Å². The Labute approximate surface area is 73.9 Å². The zero-order valence-electron chi connectivity index (χ0n) is 8.20. The molecule has 0 aromatic carbocycles. The molecule has 12 heavy (non-hydrogen) atoms. The maximum Gasteiger partial charge on any atom is 0.184 e. The summed E-state index contributed by atoms with van der Waals surface area (Å²) in [5.74, 6) is 0. The van der Waals surface area contributed by atoms with Crippen LogP contribution >= 0.6 is 0 Å². The molecule has 0 rings (SSSR count). The largest absolute Gasteiger partial charge is 0.386 e. The van der Waals surface area contributed by atoms with Crippen LogP contribution in [0.5, 0.6) is 0 Å².